The molecular weight excluding hydrogens is 683 g/mol. The second-order valence-electron chi connectivity index (χ2n) is 14.5. The van der Waals surface area contributed by atoms with Gasteiger partial charge in [-0.05, 0) is 71.8 Å². The van der Waals surface area contributed by atoms with Crippen LogP contribution in [0.25, 0.3) is 111 Å². The van der Waals surface area contributed by atoms with E-state index in [1.54, 1.807) is 0 Å². The lowest BCUT2D eigenvalue weighted by molar-refractivity contribution is 1.07. The van der Waals surface area contributed by atoms with Crippen molar-refractivity contribution >= 4 is 59.9 Å². The van der Waals surface area contributed by atoms with Crippen molar-refractivity contribution in [2.24, 2.45) is 0 Å². The van der Waals surface area contributed by atoms with E-state index in [9.17, 15) is 0 Å². The maximum absolute atomic E-state index is 5.09. The Morgan fingerprint density at radius 1 is 0.286 bits per heavy atom. The van der Waals surface area contributed by atoms with Crippen molar-refractivity contribution in [2.75, 3.05) is 0 Å². The van der Waals surface area contributed by atoms with Gasteiger partial charge < -0.3 is 8.97 Å². The van der Waals surface area contributed by atoms with Gasteiger partial charge in [-0.3, -0.25) is 0 Å². The molecule has 0 spiro atoms. The van der Waals surface area contributed by atoms with Crippen molar-refractivity contribution in [1.82, 2.24) is 23.9 Å². The number of para-hydroxylation sites is 4. The van der Waals surface area contributed by atoms with Crippen molar-refractivity contribution in [3.8, 4) is 51.0 Å². The zero-order valence-corrected chi connectivity index (χ0v) is 30.1. The summed E-state index contributed by atoms with van der Waals surface area (Å²) in [7, 11) is 0. The summed E-state index contributed by atoms with van der Waals surface area (Å²) in [6.07, 6.45) is 0. The Hall–Kier alpha value is -7.63. The van der Waals surface area contributed by atoms with Gasteiger partial charge >= 0.3 is 0 Å². The summed E-state index contributed by atoms with van der Waals surface area (Å²) in [4.78, 5) is 15.1. The van der Waals surface area contributed by atoms with Crippen LogP contribution in [-0.4, -0.2) is 23.9 Å². The van der Waals surface area contributed by atoms with Gasteiger partial charge in [0.05, 0.1) is 27.6 Å². The number of rotatable bonds is 5. The Morgan fingerprint density at radius 2 is 0.661 bits per heavy atom. The average molecular weight is 714 g/mol. The molecule has 0 aliphatic rings. The zero-order valence-electron chi connectivity index (χ0n) is 30.1. The molecule has 0 amide bonds. The molecule has 12 aromatic rings. The van der Waals surface area contributed by atoms with Gasteiger partial charge in [0.25, 0.3) is 0 Å². The number of benzene rings is 8. The zero-order chi connectivity index (χ0) is 36.7. The summed E-state index contributed by atoms with van der Waals surface area (Å²) in [5, 5.41) is 7.56. The number of nitrogens with zero attached hydrogens (tertiary/aromatic N) is 5. The van der Waals surface area contributed by atoms with E-state index in [-0.39, 0.29) is 0 Å². The Kier molecular flexibility index (Phi) is 6.56. The largest absolute Gasteiger partial charge is 0.309 e. The highest BCUT2D eigenvalue weighted by Gasteiger charge is 2.19. The molecule has 4 aromatic heterocycles. The Bertz CT molecular complexity index is 3310. The second kappa shape index (κ2) is 11.9. The molecule has 0 saturated heterocycles. The summed E-state index contributed by atoms with van der Waals surface area (Å²) < 4.78 is 4.75. The summed E-state index contributed by atoms with van der Waals surface area (Å²) >= 11 is 0. The van der Waals surface area contributed by atoms with Gasteiger partial charge in [0.2, 0.25) is 0 Å². The van der Waals surface area contributed by atoms with Crippen molar-refractivity contribution in [3.05, 3.63) is 188 Å². The molecule has 0 N–H and O–H groups in total. The van der Waals surface area contributed by atoms with Crippen LogP contribution in [0.5, 0.6) is 0 Å². The van der Waals surface area contributed by atoms with E-state index in [2.05, 4.69) is 167 Å². The van der Waals surface area contributed by atoms with Crippen LogP contribution in [0.2, 0.25) is 0 Å². The fourth-order valence-corrected chi connectivity index (χ4v) is 8.74. The first-order valence-electron chi connectivity index (χ1n) is 19.0. The molecule has 56 heavy (non-hydrogen) atoms. The third-order valence-electron chi connectivity index (χ3n) is 11.3. The molecule has 12 rings (SSSR count). The second-order valence-corrected chi connectivity index (χ2v) is 14.5. The predicted octanol–water partition coefficient (Wildman–Crippen LogP) is 12.8. The third kappa shape index (κ3) is 4.58. The van der Waals surface area contributed by atoms with Crippen LogP contribution < -0.4 is 0 Å². The SMILES string of the molecule is c1ccc(-c2nc(-c3ccc(-c4cc5c6ccccc6n6c7ccccc7c(c4)c56)cc3)nc(-c3ccc(-n4c5ccccc5c5ccccc54)cc3)n2)cc1. The van der Waals surface area contributed by atoms with Crippen molar-refractivity contribution in [1.29, 1.82) is 0 Å². The number of aromatic nitrogens is 5. The molecule has 5 nitrogen and oxygen atoms in total. The van der Waals surface area contributed by atoms with E-state index in [0.29, 0.717) is 17.5 Å². The van der Waals surface area contributed by atoms with Crippen LogP contribution in [0.4, 0.5) is 0 Å². The predicted molar refractivity (Wildman–Crippen MR) is 231 cm³/mol. The molecule has 4 heterocycles. The van der Waals surface area contributed by atoms with E-state index in [1.165, 1.54) is 65.5 Å². The summed E-state index contributed by atoms with van der Waals surface area (Å²) in [5.41, 5.74) is 12.3. The fraction of sp³-hybridized carbons (Fsp3) is 0. The first-order chi connectivity index (χ1) is 27.8. The molecular formula is C51H31N5. The maximum atomic E-state index is 5.09. The van der Waals surface area contributed by atoms with E-state index in [1.807, 2.05) is 30.3 Å². The standard InChI is InChI=1S/C51H31N5/c1-2-12-33(13-3-1)49-52-50(54-51(53-49)35-26-28-37(29-27-35)55-44-18-8-4-14-38(44)39-15-5-9-19-45(39)55)34-24-22-32(23-25-34)36-30-42-40-16-6-10-20-46(40)56-47-21-11-7-17-41(47)43(31-36)48(42)56/h1-31H. The molecule has 0 atom stereocenters. The van der Waals surface area contributed by atoms with Crippen molar-refractivity contribution in [2.45, 2.75) is 0 Å². The molecule has 0 bridgehead atoms. The average Bonchev–Trinajstić information content (AvgIpc) is 3.92. The summed E-state index contributed by atoms with van der Waals surface area (Å²) in [5.74, 6) is 1.91. The van der Waals surface area contributed by atoms with Crippen molar-refractivity contribution in [3.63, 3.8) is 0 Å². The molecule has 0 radical (unpaired) electrons. The topological polar surface area (TPSA) is 48.0 Å². The van der Waals surface area contributed by atoms with Gasteiger partial charge in [-0.15, -0.1) is 0 Å². The number of hydrogen-bond donors (Lipinski definition) is 0. The van der Waals surface area contributed by atoms with Crippen molar-refractivity contribution < 1.29 is 0 Å². The maximum Gasteiger partial charge on any atom is 0.164 e. The van der Waals surface area contributed by atoms with Gasteiger partial charge in [-0.2, -0.15) is 0 Å². The molecule has 0 aliphatic carbocycles. The molecule has 260 valence electrons. The summed E-state index contributed by atoms with van der Waals surface area (Å²) in [6, 6.07) is 66.6. The van der Waals surface area contributed by atoms with Crippen LogP contribution >= 0.6 is 0 Å². The number of hydrogen-bond acceptors (Lipinski definition) is 3. The highest BCUT2D eigenvalue weighted by molar-refractivity contribution is 6.24. The minimum atomic E-state index is 0.634. The van der Waals surface area contributed by atoms with Crippen LogP contribution in [-0.2, 0) is 0 Å². The monoisotopic (exact) mass is 713 g/mol. The van der Waals surface area contributed by atoms with E-state index in [4.69, 9.17) is 15.0 Å². The van der Waals surface area contributed by atoms with Crippen LogP contribution in [0.1, 0.15) is 0 Å². The normalized spacial score (nSPS) is 11.9. The van der Waals surface area contributed by atoms with Crippen LogP contribution in [0, 0.1) is 0 Å². The van der Waals surface area contributed by atoms with Gasteiger partial charge in [0.1, 0.15) is 0 Å². The molecule has 5 heteroatoms. The van der Waals surface area contributed by atoms with E-state index in [0.717, 1.165) is 27.9 Å². The van der Waals surface area contributed by atoms with E-state index >= 15 is 0 Å². The Balaban J connectivity index is 0.960. The van der Waals surface area contributed by atoms with Gasteiger partial charge in [-0.25, -0.2) is 15.0 Å². The van der Waals surface area contributed by atoms with Crippen LogP contribution in [0.15, 0.2) is 188 Å². The first-order valence-corrected chi connectivity index (χ1v) is 19.0. The molecule has 0 fully saturated rings. The minimum Gasteiger partial charge on any atom is -0.309 e. The minimum absolute atomic E-state index is 0.634. The fourth-order valence-electron chi connectivity index (χ4n) is 8.74. The highest BCUT2D eigenvalue weighted by atomic mass is 15.0. The first kappa shape index (κ1) is 30.8. The molecule has 0 saturated carbocycles. The van der Waals surface area contributed by atoms with E-state index < -0.39 is 0 Å². The molecule has 0 unspecified atom stereocenters. The van der Waals surface area contributed by atoms with Gasteiger partial charge in [-0.1, -0.05) is 127 Å². The highest BCUT2D eigenvalue weighted by Crippen LogP contribution is 2.42. The summed E-state index contributed by atoms with van der Waals surface area (Å²) in [6.45, 7) is 0. The molecule has 8 aromatic carbocycles. The lowest BCUT2D eigenvalue weighted by Gasteiger charge is -2.11. The van der Waals surface area contributed by atoms with Gasteiger partial charge in [0, 0.05) is 54.7 Å². The lowest BCUT2D eigenvalue weighted by Crippen LogP contribution is -2.00. The quantitative estimate of drug-likeness (QED) is 0.178. The lowest BCUT2D eigenvalue weighted by atomic mass is 9.98. The number of fused-ring (bicyclic) bond motifs is 9. The smallest absolute Gasteiger partial charge is 0.164 e. The Morgan fingerprint density at radius 3 is 1.16 bits per heavy atom. The van der Waals surface area contributed by atoms with Gasteiger partial charge in [0.15, 0.2) is 17.5 Å². The Labute approximate surface area is 321 Å². The van der Waals surface area contributed by atoms with Crippen LogP contribution in [0.3, 0.4) is 0 Å². The molecule has 0 aliphatic heterocycles. The third-order valence-corrected chi connectivity index (χ3v) is 11.3.